The van der Waals surface area contributed by atoms with Crippen LogP contribution in [0.3, 0.4) is 0 Å². The second-order valence-electron chi connectivity index (χ2n) is 6.64. The molecule has 3 aromatic rings. The van der Waals surface area contributed by atoms with Crippen molar-refractivity contribution in [2.75, 3.05) is 23.4 Å². The van der Waals surface area contributed by atoms with Crippen molar-refractivity contribution in [1.29, 1.82) is 0 Å². The van der Waals surface area contributed by atoms with Crippen LogP contribution in [-0.2, 0) is 6.42 Å². The first kappa shape index (κ1) is 17.1. The Balaban J connectivity index is 1.72. The van der Waals surface area contributed by atoms with Gasteiger partial charge in [-0.05, 0) is 60.9 Å². The van der Waals surface area contributed by atoms with Gasteiger partial charge in [-0.3, -0.25) is 4.79 Å². The molecule has 0 bridgehead atoms. The van der Waals surface area contributed by atoms with Gasteiger partial charge in [-0.25, -0.2) is 4.98 Å². The van der Waals surface area contributed by atoms with Gasteiger partial charge >= 0.3 is 0 Å². The maximum absolute atomic E-state index is 13.2. The van der Waals surface area contributed by atoms with E-state index < -0.39 is 0 Å². The number of hydrogen-bond acceptors (Lipinski definition) is 4. The standard InChI is InChI=1S/C22H21N3O2/c1-24(17-10-12-18(26)13-11-17)22(27)19-8-4-14-23-21(19)25-15-5-7-16-6-2-3-9-20(16)25/h2-4,6,8-14,26H,5,7,15H2,1H3. The molecule has 1 aliphatic rings. The van der Waals surface area contributed by atoms with Crippen LogP contribution in [0.1, 0.15) is 22.3 Å². The summed E-state index contributed by atoms with van der Waals surface area (Å²) >= 11 is 0. The van der Waals surface area contributed by atoms with Crippen LogP contribution in [0.4, 0.5) is 17.2 Å². The molecule has 27 heavy (non-hydrogen) atoms. The maximum atomic E-state index is 13.2. The van der Waals surface area contributed by atoms with E-state index in [4.69, 9.17) is 0 Å². The quantitative estimate of drug-likeness (QED) is 0.763. The number of phenols is 1. The van der Waals surface area contributed by atoms with Gasteiger partial charge in [0, 0.05) is 31.2 Å². The zero-order chi connectivity index (χ0) is 18.8. The van der Waals surface area contributed by atoms with Gasteiger partial charge in [0.2, 0.25) is 0 Å². The minimum Gasteiger partial charge on any atom is -0.508 e. The zero-order valence-electron chi connectivity index (χ0n) is 15.2. The number of rotatable bonds is 3. The summed E-state index contributed by atoms with van der Waals surface area (Å²) in [5, 5.41) is 9.48. The number of anilines is 3. The average molecular weight is 359 g/mol. The molecule has 0 aliphatic carbocycles. The summed E-state index contributed by atoms with van der Waals surface area (Å²) in [7, 11) is 1.73. The molecule has 0 saturated heterocycles. The molecule has 1 amide bonds. The van der Waals surface area contributed by atoms with Crippen molar-refractivity contribution in [2.45, 2.75) is 12.8 Å². The van der Waals surface area contributed by atoms with E-state index in [0.29, 0.717) is 17.1 Å². The molecule has 0 saturated carbocycles. The normalized spacial score (nSPS) is 13.1. The first-order chi connectivity index (χ1) is 13.1. The number of carbonyl (C=O) groups is 1. The molecule has 0 radical (unpaired) electrons. The van der Waals surface area contributed by atoms with Crippen LogP contribution in [0.15, 0.2) is 66.9 Å². The molecule has 0 atom stereocenters. The van der Waals surface area contributed by atoms with E-state index >= 15 is 0 Å². The number of phenolic OH excluding ortho intramolecular Hbond substituents is 1. The van der Waals surface area contributed by atoms with Crippen LogP contribution in [0, 0.1) is 0 Å². The lowest BCUT2D eigenvalue weighted by Crippen LogP contribution is -2.31. The molecule has 4 rings (SSSR count). The Morgan fingerprint density at radius 2 is 1.85 bits per heavy atom. The van der Waals surface area contributed by atoms with Crippen LogP contribution >= 0.6 is 0 Å². The summed E-state index contributed by atoms with van der Waals surface area (Å²) < 4.78 is 0. The van der Waals surface area contributed by atoms with Gasteiger partial charge in [-0.15, -0.1) is 0 Å². The van der Waals surface area contributed by atoms with E-state index in [1.165, 1.54) is 5.56 Å². The summed E-state index contributed by atoms with van der Waals surface area (Å²) in [6, 6.07) is 18.5. The van der Waals surface area contributed by atoms with Gasteiger partial charge in [0.05, 0.1) is 5.56 Å². The van der Waals surface area contributed by atoms with Gasteiger partial charge in [0.15, 0.2) is 0 Å². The van der Waals surface area contributed by atoms with Gasteiger partial charge in [-0.2, -0.15) is 0 Å². The van der Waals surface area contributed by atoms with Gasteiger partial charge in [-0.1, -0.05) is 18.2 Å². The van der Waals surface area contributed by atoms with Crippen LogP contribution in [0.25, 0.3) is 0 Å². The summed E-state index contributed by atoms with van der Waals surface area (Å²) in [4.78, 5) is 21.5. The minimum absolute atomic E-state index is 0.133. The number of carbonyl (C=O) groups excluding carboxylic acids is 1. The number of nitrogens with zero attached hydrogens (tertiary/aromatic N) is 3. The Morgan fingerprint density at radius 1 is 1.07 bits per heavy atom. The third-order valence-electron chi connectivity index (χ3n) is 4.92. The van der Waals surface area contributed by atoms with E-state index in [1.54, 1.807) is 48.5 Å². The lowest BCUT2D eigenvalue weighted by molar-refractivity contribution is 0.0993. The fraction of sp³-hybridized carbons (Fsp3) is 0.182. The second kappa shape index (κ2) is 7.11. The average Bonchev–Trinajstić information content (AvgIpc) is 2.73. The highest BCUT2D eigenvalue weighted by Gasteiger charge is 2.25. The number of pyridine rings is 1. The van der Waals surface area contributed by atoms with Crippen molar-refractivity contribution in [2.24, 2.45) is 0 Å². The molecule has 2 heterocycles. The molecule has 5 heteroatoms. The Kier molecular flexibility index (Phi) is 4.50. The molecule has 0 fully saturated rings. The highest BCUT2D eigenvalue weighted by molar-refractivity contribution is 6.09. The number of amides is 1. The molecule has 0 unspecified atom stereocenters. The van der Waals surface area contributed by atoms with Crippen molar-refractivity contribution >= 4 is 23.1 Å². The van der Waals surface area contributed by atoms with E-state index in [0.717, 1.165) is 25.1 Å². The second-order valence-corrected chi connectivity index (χ2v) is 6.64. The highest BCUT2D eigenvalue weighted by Crippen LogP contribution is 2.34. The Bertz CT molecular complexity index is 969. The first-order valence-corrected chi connectivity index (χ1v) is 9.03. The predicted molar refractivity (Wildman–Crippen MR) is 107 cm³/mol. The van der Waals surface area contributed by atoms with Gasteiger partial charge in [0.25, 0.3) is 5.91 Å². The molecular formula is C22H21N3O2. The first-order valence-electron chi connectivity index (χ1n) is 9.03. The molecule has 1 aromatic heterocycles. The smallest absolute Gasteiger partial charge is 0.261 e. The molecule has 5 nitrogen and oxygen atoms in total. The van der Waals surface area contributed by atoms with Crippen molar-refractivity contribution in [1.82, 2.24) is 4.98 Å². The number of aryl methyl sites for hydroxylation is 1. The van der Waals surface area contributed by atoms with Crippen molar-refractivity contribution in [3.8, 4) is 5.75 Å². The molecule has 2 aromatic carbocycles. The lowest BCUT2D eigenvalue weighted by Gasteiger charge is -2.32. The van der Waals surface area contributed by atoms with E-state index in [-0.39, 0.29) is 11.7 Å². The number of benzene rings is 2. The van der Waals surface area contributed by atoms with Crippen molar-refractivity contribution < 1.29 is 9.90 Å². The molecule has 1 aliphatic heterocycles. The number of hydrogen-bond donors (Lipinski definition) is 1. The molecule has 136 valence electrons. The fourth-order valence-electron chi connectivity index (χ4n) is 3.51. The monoisotopic (exact) mass is 359 g/mol. The molecule has 1 N–H and O–H groups in total. The van der Waals surface area contributed by atoms with Crippen LogP contribution in [-0.4, -0.2) is 29.6 Å². The van der Waals surface area contributed by atoms with Gasteiger partial charge in [0.1, 0.15) is 11.6 Å². The summed E-state index contributed by atoms with van der Waals surface area (Å²) in [5.74, 6) is 0.721. The third-order valence-corrected chi connectivity index (χ3v) is 4.92. The fourth-order valence-corrected chi connectivity index (χ4v) is 3.51. The zero-order valence-corrected chi connectivity index (χ0v) is 15.2. The van der Waals surface area contributed by atoms with Gasteiger partial charge < -0.3 is 14.9 Å². The van der Waals surface area contributed by atoms with Crippen LogP contribution in [0.2, 0.25) is 0 Å². The topological polar surface area (TPSA) is 56.7 Å². The number of fused-ring (bicyclic) bond motifs is 1. The lowest BCUT2D eigenvalue weighted by atomic mass is 10.0. The van der Waals surface area contributed by atoms with E-state index in [1.807, 2.05) is 18.2 Å². The summed E-state index contributed by atoms with van der Waals surface area (Å²) in [6.45, 7) is 0.831. The Morgan fingerprint density at radius 3 is 2.67 bits per heavy atom. The summed E-state index contributed by atoms with van der Waals surface area (Å²) in [5.41, 5.74) is 3.67. The number of para-hydroxylation sites is 1. The maximum Gasteiger partial charge on any atom is 0.261 e. The molecule has 0 spiro atoms. The Labute approximate surface area is 158 Å². The molecular weight excluding hydrogens is 338 g/mol. The number of aromatic nitrogens is 1. The number of aromatic hydroxyl groups is 1. The third kappa shape index (κ3) is 3.24. The van der Waals surface area contributed by atoms with Crippen LogP contribution in [0.5, 0.6) is 5.75 Å². The highest BCUT2D eigenvalue weighted by atomic mass is 16.3. The predicted octanol–water partition coefficient (Wildman–Crippen LogP) is 4.15. The largest absolute Gasteiger partial charge is 0.508 e. The Hall–Kier alpha value is -3.34. The van der Waals surface area contributed by atoms with Crippen molar-refractivity contribution in [3.05, 3.63) is 78.0 Å². The van der Waals surface area contributed by atoms with E-state index in [2.05, 4.69) is 22.0 Å². The summed E-state index contributed by atoms with van der Waals surface area (Å²) in [6.07, 6.45) is 3.79. The van der Waals surface area contributed by atoms with Crippen molar-refractivity contribution in [3.63, 3.8) is 0 Å². The SMILES string of the molecule is CN(C(=O)c1cccnc1N1CCCc2ccccc21)c1ccc(O)cc1. The van der Waals surface area contributed by atoms with E-state index in [9.17, 15) is 9.90 Å². The minimum atomic E-state index is -0.133. The van der Waals surface area contributed by atoms with Crippen LogP contribution < -0.4 is 9.80 Å².